The molecule has 2 rings (SSSR count). The molecule has 2 aromatic heterocycles. The normalized spacial score (nSPS) is 10.5. The van der Waals surface area contributed by atoms with Gasteiger partial charge in [0.1, 0.15) is 5.82 Å². The van der Waals surface area contributed by atoms with E-state index < -0.39 is 0 Å². The summed E-state index contributed by atoms with van der Waals surface area (Å²) in [6.45, 7) is 2.01. The van der Waals surface area contributed by atoms with Gasteiger partial charge in [-0.15, -0.1) is 11.6 Å². The van der Waals surface area contributed by atoms with Crippen molar-refractivity contribution in [2.24, 2.45) is 0 Å². The number of rotatable bonds is 3. The second-order valence-electron chi connectivity index (χ2n) is 3.34. The Labute approximate surface area is 93.5 Å². The molecule has 0 aliphatic heterocycles. The monoisotopic (exact) mass is 221 g/mol. The van der Waals surface area contributed by atoms with Crippen molar-refractivity contribution < 1.29 is 0 Å². The average Bonchev–Trinajstić information content (AvgIpc) is 2.61. The lowest BCUT2D eigenvalue weighted by Gasteiger charge is -1.95. The molecular formula is C11H12ClN3. The molecule has 2 aromatic rings. The largest absolute Gasteiger partial charge is 0.346 e. The van der Waals surface area contributed by atoms with E-state index in [1.54, 1.807) is 6.20 Å². The summed E-state index contributed by atoms with van der Waals surface area (Å²) in [4.78, 5) is 11.8. The fraction of sp³-hybridized carbons (Fsp3) is 0.273. The van der Waals surface area contributed by atoms with Crippen LogP contribution in [0.15, 0.2) is 24.5 Å². The van der Waals surface area contributed by atoms with Crippen molar-refractivity contribution in [2.45, 2.75) is 13.3 Å². The maximum absolute atomic E-state index is 5.67. The predicted octanol–water partition coefficient (Wildman–Crippen LogP) is 2.56. The first-order valence-corrected chi connectivity index (χ1v) is 5.36. The summed E-state index contributed by atoms with van der Waals surface area (Å²) in [7, 11) is 0. The molecular weight excluding hydrogens is 210 g/mol. The molecule has 0 atom stereocenters. The van der Waals surface area contributed by atoms with Gasteiger partial charge < -0.3 is 4.98 Å². The van der Waals surface area contributed by atoms with E-state index in [-0.39, 0.29) is 0 Å². The summed E-state index contributed by atoms with van der Waals surface area (Å²) in [6, 6.07) is 3.91. The maximum atomic E-state index is 5.67. The van der Waals surface area contributed by atoms with Crippen LogP contribution < -0.4 is 0 Å². The van der Waals surface area contributed by atoms with E-state index in [0.29, 0.717) is 5.88 Å². The van der Waals surface area contributed by atoms with Crippen LogP contribution in [0, 0.1) is 6.92 Å². The van der Waals surface area contributed by atoms with E-state index in [1.165, 1.54) is 0 Å². The van der Waals surface area contributed by atoms with Crippen LogP contribution in [0.3, 0.4) is 0 Å². The first-order valence-electron chi connectivity index (χ1n) is 4.83. The van der Waals surface area contributed by atoms with E-state index >= 15 is 0 Å². The van der Waals surface area contributed by atoms with Gasteiger partial charge in [0, 0.05) is 36.0 Å². The lowest BCUT2D eigenvalue weighted by molar-refractivity contribution is 0.988. The van der Waals surface area contributed by atoms with Gasteiger partial charge >= 0.3 is 0 Å². The van der Waals surface area contributed by atoms with Gasteiger partial charge in [0.2, 0.25) is 0 Å². The molecule has 0 unspecified atom stereocenters. The van der Waals surface area contributed by atoms with Gasteiger partial charge in [-0.2, -0.15) is 0 Å². The lowest BCUT2D eigenvalue weighted by Crippen LogP contribution is -1.88. The van der Waals surface area contributed by atoms with Crippen LogP contribution in [0.4, 0.5) is 0 Å². The Balaban J connectivity index is 2.36. The Morgan fingerprint density at radius 2 is 2.33 bits per heavy atom. The summed E-state index contributed by atoms with van der Waals surface area (Å²) < 4.78 is 0. The summed E-state index contributed by atoms with van der Waals surface area (Å²) >= 11 is 5.67. The number of H-pyrrole nitrogens is 1. The van der Waals surface area contributed by atoms with Gasteiger partial charge in [-0.25, -0.2) is 4.98 Å². The molecule has 0 bridgehead atoms. The number of halogens is 1. The molecule has 3 nitrogen and oxygen atoms in total. The van der Waals surface area contributed by atoms with Crippen LogP contribution in [-0.2, 0) is 6.42 Å². The quantitative estimate of drug-likeness (QED) is 0.810. The fourth-order valence-electron chi connectivity index (χ4n) is 1.51. The Kier molecular flexibility index (Phi) is 3.02. The van der Waals surface area contributed by atoms with Crippen LogP contribution in [0.25, 0.3) is 11.3 Å². The van der Waals surface area contributed by atoms with Crippen molar-refractivity contribution in [1.29, 1.82) is 0 Å². The van der Waals surface area contributed by atoms with E-state index in [1.807, 2.05) is 25.3 Å². The average molecular weight is 222 g/mol. The molecule has 0 aliphatic rings. The first-order chi connectivity index (χ1) is 7.31. The highest BCUT2D eigenvalue weighted by Crippen LogP contribution is 2.19. The Morgan fingerprint density at radius 3 is 3.00 bits per heavy atom. The van der Waals surface area contributed by atoms with Crippen LogP contribution >= 0.6 is 11.6 Å². The third-order valence-electron chi connectivity index (χ3n) is 2.20. The van der Waals surface area contributed by atoms with E-state index in [2.05, 4.69) is 15.0 Å². The number of pyridine rings is 1. The standard InChI is InChI=1S/C11H12ClN3/c1-8-11(9-3-2-6-13-7-9)15-10(14-8)4-5-12/h2-3,6-7H,4-5H2,1H3,(H,14,15). The SMILES string of the molecule is Cc1[nH]c(CCCl)nc1-c1cccnc1. The van der Waals surface area contributed by atoms with Crippen molar-refractivity contribution >= 4 is 11.6 Å². The number of nitrogens with one attached hydrogen (secondary N) is 1. The minimum Gasteiger partial charge on any atom is -0.346 e. The summed E-state index contributed by atoms with van der Waals surface area (Å²) in [5.74, 6) is 1.51. The molecule has 0 saturated heterocycles. The molecule has 2 heterocycles. The number of aromatic amines is 1. The predicted molar refractivity (Wildman–Crippen MR) is 61.0 cm³/mol. The van der Waals surface area contributed by atoms with Crippen molar-refractivity contribution in [3.63, 3.8) is 0 Å². The second-order valence-corrected chi connectivity index (χ2v) is 3.72. The molecule has 4 heteroatoms. The number of hydrogen-bond donors (Lipinski definition) is 1. The third kappa shape index (κ3) is 2.18. The zero-order valence-corrected chi connectivity index (χ0v) is 9.25. The summed E-state index contributed by atoms with van der Waals surface area (Å²) in [5.41, 5.74) is 3.05. The zero-order valence-electron chi connectivity index (χ0n) is 8.50. The molecule has 78 valence electrons. The van der Waals surface area contributed by atoms with E-state index in [0.717, 1.165) is 29.2 Å². The first kappa shape index (κ1) is 10.2. The number of hydrogen-bond acceptors (Lipinski definition) is 2. The topological polar surface area (TPSA) is 41.6 Å². The third-order valence-corrected chi connectivity index (χ3v) is 2.39. The van der Waals surface area contributed by atoms with Crippen LogP contribution in [-0.4, -0.2) is 20.8 Å². The second kappa shape index (κ2) is 4.45. The van der Waals surface area contributed by atoms with Crippen molar-refractivity contribution in [3.05, 3.63) is 36.0 Å². The molecule has 0 saturated carbocycles. The van der Waals surface area contributed by atoms with Gasteiger partial charge in [-0.3, -0.25) is 4.98 Å². The molecule has 15 heavy (non-hydrogen) atoms. The maximum Gasteiger partial charge on any atom is 0.108 e. The van der Waals surface area contributed by atoms with E-state index in [4.69, 9.17) is 11.6 Å². The highest BCUT2D eigenvalue weighted by atomic mass is 35.5. The van der Waals surface area contributed by atoms with Crippen molar-refractivity contribution in [1.82, 2.24) is 15.0 Å². The van der Waals surface area contributed by atoms with Gasteiger partial charge in [0.15, 0.2) is 0 Å². The molecule has 0 aromatic carbocycles. The van der Waals surface area contributed by atoms with Crippen molar-refractivity contribution in [3.8, 4) is 11.3 Å². The number of imidazole rings is 1. The van der Waals surface area contributed by atoms with Crippen LogP contribution in [0.2, 0.25) is 0 Å². The minimum atomic E-state index is 0.583. The Morgan fingerprint density at radius 1 is 1.47 bits per heavy atom. The van der Waals surface area contributed by atoms with Crippen LogP contribution in [0.1, 0.15) is 11.5 Å². The molecule has 0 radical (unpaired) electrons. The van der Waals surface area contributed by atoms with Gasteiger partial charge in [-0.05, 0) is 19.1 Å². The molecule has 0 spiro atoms. The van der Waals surface area contributed by atoms with Crippen LogP contribution in [0.5, 0.6) is 0 Å². The van der Waals surface area contributed by atoms with Gasteiger partial charge in [-0.1, -0.05) is 0 Å². The zero-order chi connectivity index (χ0) is 10.7. The highest BCUT2D eigenvalue weighted by molar-refractivity contribution is 6.17. The number of aryl methyl sites for hydroxylation is 2. The summed E-state index contributed by atoms with van der Waals surface area (Å²) in [6.07, 6.45) is 4.33. The van der Waals surface area contributed by atoms with Crippen molar-refractivity contribution in [2.75, 3.05) is 5.88 Å². The molecule has 1 N–H and O–H groups in total. The smallest absolute Gasteiger partial charge is 0.108 e. The Hall–Kier alpha value is -1.35. The van der Waals surface area contributed by atoms with Gasteiger partial charge in [0.05, 0.1) is 5.69 Å². The molecule has 0 aliphatic carbocycles. The number of nitrogens with zero attached hydrogens (tertiary/aromatic N) is 2. The van der Waals surface area contributed by atoms with E-state index in [9.17, 15) is 0 Å². The summed E-state index contributed by atoms with van der Waals surface area (Å²) in [5, 5.41) is 0. The fourth-order valence-corrected chi connectivity index (χ4v) is 1.69. The minimum absolute atomic E-state index is 0.583. The Bertz CT molecular complexity index is 436. The van der Waals surface area contributed by atoms with Gasteiger partial charge in [0.25, 0.3) is 0 Å². The lowest BCUT2D eigenvalue weighted by atomic mass is 10.2. The molecule has 0 amide bonds. The molecule has 0 fully saturated rings. The number of aromatic nitrogens is 3. The number of alkyl halides is 1. The highest BCUT2D eigenvalue weighted by Gasteiger charge is 2.07.